The maximum atomic E-state index is 10.3. The molecular weight excluding hydrogens is 274 g/mol. The van der Waals surface area contributed by atoms with Crippen LogP contribution in [0, 0.1) is 5.41 Å². The SMILES string of the molecule is CCOC1CC(O)C12CCN(C(CC)c1ccccc1)CC2. The second kappa shape index (κ2) is 6.69. The van der Waals surface area contributed by atoms with E-state index in [4.69, 9.17) is 4.74 Å². The summed E-state index contributed by atoms with van der Waals surface area (Å²) in [4.78, 5) is 2.59. The highest BCUT2D eigenvalue weighted by Gasteiger charge is 2.56. The van der Waals surface area contributed by atoms with Gasteiger partial charge in [0.2, 0.25) is 0 Å². The predicted octanol–water partition coefficient (Wildman–Crippen LogP) is 3.39. The average Bonchev–Trinajstić information content (AvgIpc) is 2.57. The molecule has 3 nitrogen and oxygen atoms in total. The second-order valence-electron chi connectivity index (χ2n) is 6.80. The molecule has 2 aliphatic rings. The minimum absolute atomic E-state index is 0.0293. The van der Waals surface area contributed by atoms with Crippen LogP contribution in [0.5, 0.6) is 0 Å². The van der Waals surface area contributed by atoms with Crippen LogP contribution in [0.1, 0.15) is 51.1 Å². The molecule has 1 aromatic rings. The van der Waals surface area contributed by atoms with Gasteiger partial charge in [-0.05, 0) is 44.8 Å². The Balaban J connectivity index is 1.66. The van der Waals surface area contributed by atoms with Gasteiger partial charge in [0.25, 0.3) is 0 Å². The van der Waals surface area contributed by atoms with Crippen molar-refractivity contribution in [3.8, 4) is 0 Å². The summed E-state index contributed by atoms with van der Waals surface area (Å²) in [6.45, 7) is 7.20. The van der Waals surface area contributed by atoms with Crippen molar-refractivity contribution < 1.29 is 9.84 Å². The summed E-state index contributed by atoms with van der Waals surface area (Å²) in [6.07, 6.45) is 4.18. The van der Waals surface area contributed by atoms with Crippen molar-refractivity contribution >= 4 is 0 Å². The Hall–Kier alpha value is -0.900. The molecule has 3 rings (SSSR count). The minimum atomic E-state index is -0.164. The standard InChI is InChI=1S/C19H29NO2/c1-3-16(15-8-6-5-7-9-15)20-12-10-19(11-13-20)17(21)14-18(19)22-4-2/h5-9,16-18,21H,3-4,10-14H2,1-2H3. The number of ether oxygens (including phenoxy) is 1. The van der Waals surface area contributed by atoms with Gasteiger partial charge in [0.15, 0.2) is 0 Å². The number of aliphatic hydroxyl groups is 1. The number of piperidine rings is 1. The van der Waals surface area contributed by atoms with Crippen molar-refractivity contribution in [2.75, 3.05) is 19.7 Å². The molecule has 2 fully saturated rings. The van der Waals surface area contributed by atoms with E-state index in [-0.39, 0.29) is 17.6 Å². The summed E-state index contributed by atoms with van der Waals surface area (Å²) < 4.78 is 5.87. The summed E-state index contributed by atoms with van der Waals surface area (Å²) in [5.41, 5.74) is 1.44. The van der Waals surface area contributed by atoms with E-state index in [1.54, 1.807) is 0 Å². The van der Waals surface area contributed by atoms with Crippen molar-refractivity contribution in [1.82, 2.24) is 4.90 Å². The van der Waals surface area contributed by atoms with Crippen molar-refractivity contribution in [2.45, 2.75) is 57.8 Å². The molecule has 1 saturated heterocycles. The Labute approximate surface area is 134 Å². The van der Waals surface area contributed by atoms with Crippen LogP contribution < -0.4 is 0 Å². The van der Waals surface area contributed by atoms with E-state index in [0.717, 1.165) is 45.4 Å². The summed E-state index contributed by atoms with van der Waals surface area (Å²) in [5, 5.41) is 10.3. The monoisotopic (exact) mass is 303 g/mol. The normalized spacial score (nSPS) is 29.2. The van der Waals surface area contributed by atoms with Crippen LogP contribution in [0.2, 0.25) is 0 Å². The third kappa shape index (κ3) is 2.70. The predicted molar refractivity (Wildman–Crippen MR) is 88.8 cm³/mol. The fraction of sp³-hybridized carbons (Fsp3) is 0.684. The van der Waals surface area contributed by atoms with E-state index in [2.05, 4.69) is 49.1 Å². The zero-order chi connectivity index (χ0) is 15.6. The first-order valence-electron chi connectivity index (χ1n) is 8.80. The Morgan fingerprint density at radius 1 is 1.23 bits per heavy atom. The molecule has 1 aliphatic heterocycles. The van der Waals surface area contributed by atoms with E-state index in [1.807, 2.05) is 0 Å². The molecule has 1 spiro atoms. The number of benzene rings is 1. The number of aliphatic hydroxyl groups excluding tert-OH is 1. The lowest BCUT2D eigenvalue weighted by molar-refractivity contribution is -0.211. The summed E-state index contributed by atoms with van der Waals surface area (Å²) in [7, 11) is 0. The molecular formula is C19H29NO2. The zero-order valence-corrected chi connectivity index (χ0v) is 13.9. The molecule has 3 heteroatoms. The third-order valence-electron chi connectivity index (χ3n) is 5.85. The van der Waals surface area contributed by atoms with E-state index < -0.39 is 0 Å². The first-order chi connectivity index (χ1) is 10.7. The van der Waals surface area contributed by atoms with E-state index in [9.17, 15) is 5.11 Å². The topological polar surface area (TPSA) is 32.7 Å². The van der Waals surface area contributed by atoms with Crippen LogP contribution in [0.25, 0.3) is 0 Å². The maximum Gasteiger partial charge on any atom is 0.0681 e. The molecule has 1 aliphatic carbocycles. The Kier molecular flexibility index (Phi) is 4.86. The zero-order valence-electron chi connectivity index (χ0n) is 13.9. The molecule has 0 aromatic heterocycles. The number of nitrogens with zero attached hydrogens (tertiary/aromatic N) is 1. The van der Waals surface area contributed by atoms with E-state index >= 15 is 0 Å². The van der Waals surface area contributed by atoms with Crippen molar-refractivity contribution in [2.24, 2.45) is 5.41 Å². The molecule has 122 valence electrons. The van der Waals surface area contributed by atoms with Gasteiger partial charge in [-0.2, -0.15) is 0 Å². The molecule has 3 unspecified atom stereocenters. The highest BCUT2D eigenvalue weighted by Crippen LogP contribution is 2.51. The lowest BCUT2D eigenvalue weighted by Gasteiger charge is -2.57. The fourth-order valence-corrected chi connectivity index (χ4v) is 4.45. The van der Waals surface area contributed by atoms with Gasteiger partial charge in [-0.25, -0.2) is 0 Å². The molecule has 1 saturated carbocycles. The van der Waals surface area contributed by atoms with Gasteiger partial charge >= 0.3 is 0 Å². The van der Waals surface area contributed by atoms with Gasteiger partial charge in [0.1, 0.15) is 0 Å². The lowest BCUT2D eigenvalue weighted by Crippen LogP contribution is -2.62. The number of hydrogen-bond acceptors (Lipinski definition) is 3. The van der Waals surface area contributed by atoms with Gasteiger partial charge < -0.3 is 9.84 Å². The van der Waals surface area contributed by atoms with E-state index in [1.165, 1.54) is 5.56 Å². The van der Waals surface area contributed by atoms with Gasteiger partial charge in [-0.15, -0.1) is 0 Å². The Morgan fingerprint density at radius 3 is 2.45 bits per heavy atom. The van der Waals surface area contributed by atoms with Crippen LogP contribution >= 0.6 is 0 Å². The third-order valence-corrected chi connectivity index (χ3v) is 5.85. The molecule has 0 bridgehead atoms. The highest BCUT2D eigenvalue weighted by molar-refractivity contribution is 5.19. The lowest BCUT2D eigenvalue weighted by atomic mass is 9.58. The molecule has 1 N–H and O–H groups in total. The Bertz CT molecular complexity index is 466. The number of likely N-dealkylation sites (tertiary alicyclic amines) is 1. The molecule has 1 heterocycles. The van der Waals surface area contributed by atoms with Gasteiger partial charge in [-0.1, -0.05) is 37.3 Å². The highest BCUT2D eigenvalue weighted by atomic mass is 16.5. The Morgan fingerprint density at radius 2 is 1.91 bits per heavy atom. The van der Waals surface area contributed by atoms with Crippen molar-refractivity contribution in [3.63, 3.8) is 0 Å². The number of rotatable bonds is 5. The fourth-order valence-electron chi connectivity index (χ4n) is 4.45. The maximum absolute atomic E-state index is 10.3. The first kappa shape index (κ1) is 16.0. The molecule has 1 aromatic carbocycles. The van der Waals surface area contributed by atoms with Crippen LogP contribution in [-0.4, -0.2) is 41.9 Å². The quantitative estimate of drug-likeness (QED) is 0.905. The smallest absolute Gasteiger partial charge is 0.0681 e. The van der Waals surface area contributed by atoms with Crippen LogP contribution in [0.3, 0.4) is 0 Å². The second-order valence-corrected chi connectivity index (χ2v) is 6.80. The minimum Gasteiger partial charge on any atom is -0.392 e. The van der Waals surface area contributed by atoms with Gasteiger partial charge in [0, 0.05) is 24.5 Å². The van der Waals surface area contributed by atoms with Gasteiger partial charge in [-0.3, -0.25) is 4.90 Å². The molecule has 22 heavy (non-hydrogen) atoms. The molecule has 3 atom stereocenters. The van der Waals surface area contributed by atoms with Gasteiger partial charge in [0.05, 0.1) is 12.2 Å². The van der Waals surface area contributed by atoms with E-state index in [0.29, 0.717) is 6.04 Å². The first-order valence-corrected chi connectivity index (χ1v) is 8.80. The summed E-state index contributed by atoms with van der Waals surface area (Å²) in [5.74, 6) is 0. The average molecular weight is 303 g/mol. The van der Waals surface area contributed by atoms with Crippen LogP contribution in [0.4, 0.5) is 0 Å². The van der Waals surface area contributed by atoms with Crippen molar-refractivity contribution in [1.29, 1.82) is 0 Å². The summed E-state index contributed by atoms with van der Waals surface area (Å²) in [6, 6.07) is 11.3. The number of hydrogen-bond donors (Lipinski definition) is 1. The molecule has 0 amide bonds. The van der Waals surface area contributed by atoms with Crippen molar-refractivity contribution in [3.05, 3.63) is 35.9 Å². The summed E-state index contributed by atoms with van der Waals surface area (Å²) >= 11 is 0. The molecule has 0 radical (unpaired) electrons. The largest absolute Gasteiger partial charge is 0.392 e. The van der Waals surface area contributed by atoms with Crippen LogP contribution in [0.15, 0.2) is 30.3 Å². The van der Waals surface area contributed by atoms with Crippen LogP contribution in [-0.2, 0) is 4.74 Å².